The van der Waals surface area contributed by atoms with Gasteiger partial charge in [-0.05, 0) is 11.1 Å². The molecule has 98 valence electrons. The second-order valence-corrected chi connectivity index (χ2v) is 5.19. The van der Waals surface area contributed by atoms with Crippen molar-refractivity contribution < 1.29 is 21.8 Å². The Bertz CT molecular complexity index is 560. The number of ether oxygens (including phenoxy) is 1. The number of alkyl halides is 1. The molecule has 0 saturated carbocycles. The van der Waals surface area contributed by atoms with Crippen LogP contribution < -0.4 is 0 Å². The molecule has 1 heterocycles. The van der Waals surface area contributed by atoms with Gasteiger partial charge in [0.05, 0.1) is 0 Å². The van der Waals surface area contributed by atoms with E-state index in [-0.39, 0.29) is 10.9 Å². The van der Waals surface area contributed by atoms with E-state index in [2.05, 4.69) is 4.74 Å². The number of hydrogen-bond acceptors (Lipinski definition) is 4. The molecule has 1 atom stereocenters. The van der Waals surface area contributed by atoms with Crippen LogP contribution in [-0.2, 0) is 21.0 Å². The van der Waals surface area contributed by atoms with Gasteiger partial charge in [-0.15, -0.1) is 11.6 Å². The quantitative estimate of drug-likeness (QED) is 0.632. The Kier molecular flexibility index (Phi) is 3.45. The molecular weight excluding hydrogens is 285 g/mol. The number of amides is 1. The van der Waals surface area contributed by atoms with Gasteiger partial charge < -0.3 is 4.74 Å². The summed E-state index contributed by atoms with van der Waals surface area (Å²) in [4.78, 5) is 11.2. The van der Waals surface area contributed by atoms with Gasteiger partial charge in [0, 0.05) is 5.88 Å². The van der Waals surface area contributed by atoms with Gasteiger partial charge in [-0.3, -0.25) is 0 Å². The Balaban J connectivity index is 2.34. The molecule has 2 rings (SSSR count). The maximum absolute atomic E-state index is 13.0. The Morgan fingerprint density at radius 2 is 2.00 bits per heavy atom. The van der Waals surface area contributed by atoms with Crippen LogP contribution in [0.5, 0.6) is 0 Å². The Morgan fingerprint density at radius 1 is 1.39 bits per heavy atom. The first kappa shape index (κ1) is 13.1. The van der Waals surface area contributed by atoms with E-state index in [1.807, 2.05) is 0 Å². The molecule has 1 amide bonds. The third kappa shape index (κ3) is 2.41. The fraction of sp³-hybridized carbons (Fsp3) is 0.300. The predicted octanol–water partition coefficient (Wildman–Crippen LogP) is 2.13. The summed E-state index contributed by atoms with van der Waals surface area (Å²) in [6.45, 7) is -0.206. The SMILES string of the molecule is O=C1OC[C@H](c2ccc(CCl)cc2)N1S(=O)(=O)F. The molecule has 1 fully saturated rings. The van der Waals surface area contributed by atoms with Crippen LogP contribution in [0.1, 0.15) is 17.2 Å². The van der Waals surface area contributed by atoms with Gasteiger partial charge in [0.25, 0.3) is 0 Å². The Morgan fingerprint density at radius 3 is 2.50 bits per heavy atom. The molecule has 0 aliphatic carbocycles. The number of benzene rings is 1. The summed E-state index contributed by atoms with van der Waals surface area (Å²) < 4.78 is 39.4. The standard InChI is InChI=1S/C10H9ClFNO4S/c11-5-7-1-3-8(4-2-7)9-6-17-10(14)13(9)18(12,15)16/h1-4,9H,5-6H2/t9-/m1/s1. The maximum atomic E-state index is 13.0. The highest BCUT2D eigenvalue weighted by molar-refractivity contribution is 7.84. The van der Waals surface area contributed by atoms with Crippen molar-refractivity contribution in [3.8, 4) is 0 Å². The van der Waals surface area contributed by atoms with Crippen LogP contribution >= 0.6 is 11.6 Å². The molecule has 1 saturated heterocycles. The predicted molar refractivity (Wildman–Crippen MR) is 62.0 cm³/mol. The van der Waals surface area contributed by atoms with Gasteiger partial charge in [0.1, 0.15) is 12.6 Å². The molecule has 0 aromatic heterocycles. The molecule has 0 N–H and O–H groups in total. The zero-order chi connectivity index (χ0) is 13.3. The monoisotopic (exact) mass is 293 g/mol. The van der Waals surface area contributed by atoms with Gasteiger partial charge in [0.2, 0.25) is 0 Å². The van der Waals surface area contributed by atoms with E-state index >= 15 is 0 Å². The fourth-order valence-corrected chi connectivity index (χ4v) is 2.61. The average molecular weight is 294 g/mol. The topological polar surface area (TPSA) is 63.7 Å². The van der Waals surface area contributed by atoms with Crippen molar-refractivity contribution in [2.24, 2.45) is 0 Å². The molecule has 18 heavy (non-hydrogen) atoms. The van der Waals surface area contributed by atoms with E-state index in [1.165, 1.54) is 0 Å². The highest BCUT2D eigenvalue weighted by Gasteiger charge is 2.42. The molecular formula is C10H9ClFNO4S. The first-order valence-corrected chi connectivity index (χ1v) is 6.86. The van der Waals surface area contributed by atoms with E-state index in [1.54, 1.807) is 24.3 Å². The number of halogens is 2. The number of rotatable bonds is 3. The van der Waals surface area contributed by atoms with Crippen LogP contribution in [0.3, 0.4) is 0 Å². The Labute approximate surface area is 108 Å². The van der Waals surface area contributed by atoms with Crippen molar-refractivity contribution in [1.82, 2.24) is 4.31 Å². The van der Waals surface area contributed by atoms with Gasteiger partial charge in [0.15, 0.2) is 0 Å². The average Bonchev–Trinajstić information content (AvgIpc) is 2.71. The highest BCUT2D eigenvalue weighted by atomic mass is 35.5. The normalized spacial score (nSPS) is 20.0. The molecule has 1 aromatic carbocycles. The molecule has 0 spiro atoms. The first-order valence-electron chi connectivity index (χ1n) is 4.99. The highest BCUT2D eigenvalue weighted by Crippen LogP contribution is 2.31. The lowest BCUT2D eigenvalue weighted by atomic mass is 10.1. The summed E-state index contributed by atoms with van der Waals surface area (Å²) in [7, 11) is -5.13. The van der Waals surface area contributed by atoms with Crippen molar-refractivity contribution in [1.29, 1.82) is 0 Å². The van der Waals surface area contributed by atoms with Crippen LogP contribution in [0.25, 0.3) is 0 Å². The molecule has 5 nitrogen and oxygen atoms in total. The summed E-state index contributed by atoms with van der Waals surface area (Å²) in [6, 6.07) is 5.55. The van der Waals surface area contributed by atoms with Crippen molar-refractivity contribution in [2.75, 3.05) is 6.61 Å². The number of cyclic esters (lactones) is 1. The second-order valence-electron chi connectivity index (χ2n) is 3.71. The number of carbonyl (C=O) groups excluding carboxylic acids is 1. The minimum atomic E-state index is -5.13. The van der Waals surface area contributed by atoms with Crippen LogP contribution in [0.2, 0.25) is 0 Å². The summed E-state index contributed by atoms with van der Waals surface area (Å²) in [5, 5.41) is 0. The minimum Gasteiger partial charge on any atom is -0.446 e. The molecule has 0 radical (unpaired) electrons. The van der Waals surface area contributed by atoms with Crippen molar-refractivity contribution in [3.05, 3.63) is 35.4 Å². The third-order valence-corrected chi connectivity index (χ3v) is 3.76. The zero-order valence-corrected chi connectivity index (χ0v) is 10.6. The number of carbonyl (C=O) groups is 1. The summed E-state index contributed by atoms with van der Waals surface area (Å²) >= 11 is 5.62. The van der Waals surface area contributed by atoms with Gasteiger partial charge >= 0.3 is 16.5 Å². The molecule has 1 aromatic rings. The van der Waals surface area contributed by atoms with Crippen LogP contribution in [0, 0.1) is 0 Å². The van der Waals surface area contributed by atoms with Crippen molar-refractivity contribution >= 4 is 28.1 Å². The van der Waals surface area contributed by atoms with E-state index in [0.717, 1.165) is 5.56 Å². The van der Waals surface area contributed by atoms with E-state index < -0.39 is 22.5 Å². The number of nitrogens with zero attached hydrogens (tertiary/aromatic N) is 1. The van der Waals surface area contributed by atoms with E-state index in [0.29, 0.717) is 11.4 Å². The lowest BCUT2D eigenvalue weighted by Gasteiger charge is -2.16. The molecule has 8 heteroatoms. The van der Waals surface area contributed by atoms with Crippen LogP contribution in [-0.4, -0.2) is 25.4 Å². The van der Waals surface area contributed by atoms with Crippen LogP contribution in [0.4, 0.5) is 8.68 Å². The smallest absolute Gasteiger partial charge is 0.426 e. The van der Waals surface area contributed by atoms with Gasteiger partial charge in [-0.25, -0.2) is 4.79 Å². The lowest BCUT2D eigenvalue weighted by molar-refractivity contribution is 0.169. The maximum Gasteiger partial charge on any atom is 0.426 e. The number of hydrogen-bond donors (Lipinski definition) is 0. The third-order valence-electron chi connectivity index (χ3n) is 2.58. The van der Waals surface area contributed by atoms with Crippen molar-refractivity contribution in [3.63, 3.8) is 0 Å². The molecule has 0 unspecified atom stereocenters. The van der Waals surface area contributed by atoms with Gasteiger partial charge in [-0.2, -0.15) is 12.7 Å². The molecule has 0 bridgehead atoms. The molecule has 1 aliphatic heterocycles. The summed E-state index contributed by atoms with van der Waals surface area (Å²) in [5.41, 5.74) is 1.30. The first-order chi connectivity index (χ1) is 8.43. The van der Waals surface area contributed by atoms with Crippen molar-refractivity contribution in [2.45, 2.75) is 11.9 Å². The van der Waals surface area contributed by atoms with E-state index in [9.17, 15) is 17.1 Å². The zero-order valence-electron chi connectivity index (χ0n) is 9.05. The fourth-order valence-electron chi connectivity index (χ4n) is 1.71. The molecule has 1 aliphatic rings. The second kappa shape index (κ2) is 4.74. The summed E-state index contributed by atoms with van der Waals surface area (Å²) in [6.07, 6.45) is -1.20. The van der Waals surface area contributed by atoms with Crippen LogP contribution in [0.15, 0.2) is 24.3 Å². The lowest BCUT2D eigenvalue weighted by Crippen LogP contribution is -2.31. The summed E-state index contributed by atoms with van der Waals surface area (Å²) in [5.74, 6) is 0.311. The Hall–Kier alpha value is -1.34. The van der Waals surface area contributed by atoms with Gasteiger partial charge in [-0.1, -0.05) is 28.2 Å². The largest absolute Gasteiger partial charge is 0.446 e. The minimum absolute atomic E-state index is 0.0999. The van der Waals surface area contributed by atoms with E-state index in [4.69, 9.17) is 11.6 Å².